The van der Waals surface area contributed by atoms with Crippen molar-refractivity contribution in [3.05, 3.63) is 69.4 Å². The van der Waals surface area contributed by atoms with E-state index in [2.05, 4.69) is 0 Å². The lowest BCUT2D eigenvalue weighted by molar-refractivity contribution is 0.101. The number of hydrogen-bond donors (Lipinski definition) is 0. The second-order valence-corrected chi connectivity index (χ2v) is 5.59. The first-order valence-electron chi connectivity index (χ1n) is 7.12. The molecule has 0 aliphatic carbocycles. The van der Waals surface area contributed by atoms with Crippen molar-refractivity contribution < 1.29 is 9.21 Å². The molecule has 22 heavy (non-hydrogen) atoms. The number of hydrogen-bond acceptors (Lipinski definition) is 3. The topological polar surface area (TPSA) is 47.3 Å². The van der Waals surface area contributed by atoms with E-state index in [0.29, 0.717) is 22.3 Å². The van der Waals surface area contributed by atoms with Crippen molar-refractivity contribution in [3.8, 4) is 11.3 Å². The summed E-state index contributed by atoms with van der Waals surface area (Å²) in [5.41, 5.74) is 3.49. The molecular formula is C19H16O3. The van der Waals surface area contributed by atoms with Gasteiger partial charge in [-0.2, -0.15) is 0 Å². The minimum atomic E-state index is -0.136. The van der Waals surface area contributed by atoms with Gasteiger partial charge in [0.25, 0.3) is 0 Å². The number of ketones is 1. The van der Waals surface area contributed by atoms with E-state index < -0.39 is 0 Å². The molecule has 0 radical (unpaired) electrons. The molecule has 0 N–H and O–H groups in total. The van der Waals surface area contributed by atoms with Gasteiger partial charge in [-0.1, -0.05) is 29.8 Å². The summed E-state index contributed by atoms with van der Waals surface area (Å²) in [4.78, 5) is 24.2. The Balaban J connectivity index is 2.34. The molecule has 1 heterocycles. The van der Waals surface area contributed by atoms with E-state index in [9.17, 15) is 9.59 Å². The average molecular weight is 292 g/mol. The van der Waals surface area contributed by atoms with Crippen LogP contribution in [0.25, 0.3) is 22.3 Å². The zero-order valence-electron chi connectivity index (χ0n) is 12.8. The van der Waals surface area contributed by atoms with Gasteiger partial charge >= 0.3 is 0 Å². The van der Waals surface area contributed by atoms with E-state index >= 15 is 0 Å². The molecule has 3 rings (SSSR count). The smallest absolute Gasteiger partial charge is 0.193 e. The molecule has 110 valence electrons. The third kappa shape index (κ3) is 2.46. The molecule has 3 nitrogen and oxygen atoms in total. The lowest BCUT2D eigenvalue weighted by Gasteiger charge is -2.07. The standard InChI is InChI=1S/C19H16O3/c1-11-4-6-14(7-5-11)18-10-17(21)16-9-12(2)8-15(13(3)20)19(16)22-18/h4-10H,1-3H3. The van der Waals surface area contributed by atoms with Crippen molar-refractivity contribution >= 4 is 16.8 Å². The van der Waals surface area contributed by atoms with Gasteiger partial charge in [-0.25, -0.2) is 0 Å². The Hall–Kier alpha value is -2.68. The number of benzene rings is 2. The fraction of sp³-hybridized carbons (Fsp3) is 0.158. The maximum absolute atomic E-state index is 12.4. The highest BCUT2D eigenvalue weighted by atomic mass is 16.3. The Kier molecular flexibility index (Phi) is 3.41. The Bertz CT molecular complexity index is 931. The molecular weight excluding hydrogens is 276 g/mol. The zero-order chi connectivity index (χ0) is 15.9. The average Bonchev–Trinajstić information content (AvgIpc) is 2.47. The summed E-state index contributed by atoms with van der Waals surface area (Å²) >= 11 is 0. The molecule has 0 atom stereocenters. The minimum Gasteiger partial charge on any atom is -0.455 e. The van der Waals surface area contributed by atoms with Gasteiger partial charge < -0.3 is 4.42 Å². The first-order chi connectivity index (χ1) is 10.5. The largest absolute Gasteiger partial charge is 0.455 e. The Morgan fingerprint density at radius 3 is 2.27 bits per heavy atom. The van der Waals surface area contributed by atoms with Gasteiger partial charge in [0.2, 0.25) is 0 Å². The molecule has 3 heteroatoms. The quantitative estimate of drug-likeness (QED) is 0.662. The fourth-order valence-corrected chi connectivity index (χ4v) is 2.52. The second-order valence-electron chi connectivity index (χ2n) is 5.59. The maximum Gasteiger partial charge on any atom is 0.193 e. The van der Waals surface area contributed by atoms with E-state index in [1.807, 2.05) is 38.1 Å². The Morgan fingerprint density at radius 2 is 1.64 bits per heavy atom. The van der Waals surface area contributed by atoms with Crippen molar-refractivity contribution in [1.29, 1.82) is 0 Å². The number of Topliss-reactive ketones (excluding diaryl/α,β-unsaturated/α-hetero) is 1. The van der Waals surface area contributed by atoms with Crippen LogP contribution in [0.3, 0.4) is 0 Å². The SMILES string of the molecule is CC(=O)c1cc(C)cc2c(=O)cc(-c3ccc(C)cc3)oc12. The van der Waals surface area contributed by atoms with Crippen LogP contribution >= 0.6 is 0 Å². The van der Waals surface area contributed by atoms with Crippen LogP contribution in [0.1, 0.15) is 28.4 Å². The Labute approximate surface area is 128 Å². The van der Waals surface area contributed by atoms with Crippen molar-refractivity contribution in [1.82, 2.24) is 0 Å². The van der Waals surface area contributed by atoms with Crippen LogP contribution < -0.4 is 5.43 Å². The monoisotopic (exact) mass is 292 g/mol. The predicted molar refractivity (Wildman–Crippen MR) is 87.4 cm³/mol. The van der Waals surface area contributed by atoms with Crippen molar-refractivity contribution in [2.75, 3.05) is 0 Å². The summed E-state index contributed by atoms with van der Waals surface area (Å²) in [5.74, 6) is 0.363. The molecule has 3 aromatic rings. The number of carbonyl (C=O) groups is 1. The fourth-order valence-electron chi connectivity index (χ4n) is 2.52. The molecule has 0 fully saturated rings. The third-order valence-electron chi connectivity index (χ3n) is 3.69. The number of carbonyl (C=O) groups excluding carboxylic acids is 1. The molecule has 0 aliphatic heterocycles. The van der Waals surface area contributed by atoms with E-state index in [-0.39, 0.29) is 11.2 Å². The van der Waals surface area contributed by atoms with Crippen LogP contribution in [0.15, 0.2) is 51.7 Å². The van der Waals surface area contributed by atoms with E-state index in [1.165, 1.54) is 13.0 Å². The molecule has 1 aromatic heterocycles. The molecule has 0 spiro atoms. The predicted octanol–water partition coefficient (Wildman–Crippen LogP) is 4.28. The Morgan fingerprint density at radius 1 is 0.955 bits per heavy atom. The number of aryl methyl sites for hydroxylation is 2. The lowest BCUT2D eigenvalue weighted by atomic mass is 10.0. The molecule has 0 saturated heterocycles. The highest BCUT2D eigenvalue weighted by molar-refractivity contribution is 6.05. The van der Waals surface area contributed by atoms with Crippen molar-refractivity contribution in [2.45, 2.75) is 20.8 Å². The van der Waals surface area contributed by atoms with Crippen LogP contribution in [-0.4, -0.2) is 5.78 Å². The number of rotatable bonds is 2. The third-order valence-corrected chi connectivity index (χ3v) is 3.69. The van der Waals surface area contributed by atoms with Gasteiger partial charge in [0.15, 0.2) is 11.2 Å². The molecule has 0 amide bonds. The molecule has 0 saturated carbocycles. The summed E-state index contributed by atoms with van der Waals surface area (Å²) in [5, 5.41) is 0.445. The molecule has 2 aromatic carbocycles. The summed E-state index contributed by atoms with van der Waals surface area (Å²) in [7, 11) is 0. The molecule has 0 bridgehead atoms. The van der Waals surface area contributed by atoms with Crippen molar-refractivity contribution in [3.63, 3.8) is 0 Å². The normalized spacial score (nSPS) is 10.9. The number of fused-ring (bicyclic) bond motifs is 1. The highest BCUT2D eigenvalue weighted by Crippen LogP contribution is 2.26. The van der Waals surface area contributed by atoms with Gasteiger partial charge in [-0.15, -0.1) is 0 Å². The second kappa shape index (κ2) is 5.26. The van der Waals surface area contributed by atoms with Crippen LogP contribution in [0.5, 0.6) is 0 Å². The van der Waals surface area contributed by atoms with Crippen LogP contribution in [-0.2, 0) is 0 Å². The molecule has 0 aliphatic rings. The van der Waals surface area contributed by atoms with Gasteiger partial charge in [0, 0.05) is 11.6 Å². The van der Waals surface area contributed by atoms with Crippen molar-refractivity contribution in [2.24, 2.45) is 0 Å². The van der Waals surface area contributed by atoms with Gasteiger partial charge in [0.1, 0.15) is 11.3 Å². The van der Waals surface area contributed by atoms with E-state index in [1.54, 1.807) is 12.1 Å². The summed E-state index contributed by atoms with van der Waals surface area (Å²) < 4.78 is 5.90. The summed E-state index contributed by atoms with van der Waals surface area (Å²) in [6.07, 6.45) is 0. The molecule has 0 unspecified atom stereocenters. The van der Waals surface area contributed by atoms with Crippen LogP contribution in [0, 0.1) is 13.8 Å². The van der Waals surface area contributed by atoms with Crippen LogP contribution in [0.4, 0.5) is 0 Å². The summed E-state index contributed by atoms with van der Waals surface area (Å²) in [6, 6.07) is 12.7. The van der Waals surface area contributed by atoms with Crippen LogP contribution in [0.2, 0.25) is 0 Å². The van der Waals surface area contributed by atoms with Gasteiger partial charge in [0.05, 0.1) is 10.9 Å². The van der Waals surface area contributed by atoms with Gasteiger partial charge in [-0.3, -0.25) is 9.59 Å². The van der Waals surface area contributed by atoms with Gasteiger partial charge in [-0.05, 0) is 38.5 Å². The summed E-state index contributed by atoms with van der Waals surface area (Å²) in [6.45, 7) is 5.34. The highest BCUT2D eigenvalue weighted by Gasteiger charge is 2.14. The first kappa shape index (κ1) is 14.3. The van der Waals surface area contributed by atoms with E-state index in [4.69, 9.17) is 4.42 Å². The van der Waals surface area contributed by atoms with E-state index in [0.717, 1.165) is 16.7 Å². The first-order valence-corrected chi connectivity index (χ1v) is 7.12. The minimum absolute atomic E-state index is 0.113. The lowest BCUT2D eigenvalue weighted by Crippen LogP contribution is -2.04. The zero-order valence-corrected chi connectivity index (χ0v) is 12.8. The maximum atomic E-state index is 12.4.